The van der Waals surface area contributed by atoms with Gasteiger partial charge in [-0.1, -0.05) is 0 Å². The molecule has 10 nitrogen and oxygen atoms in total. The van der Waals surface area contributed by atoms with Gasteiger partial charge < -0.3 is 19.7 Å². The number of anilines is 2. The van der Waals surface area contributed by atoms with E-state index < -0.39 is 27.6 Å². The number of ether oxygens (including phenoxy) is 2. The van der Waals surface area contributed by atoms with Crippen molar-refractivity contribution >= 4 is 39.2 Å². The zero-order valence-electron chi connectivity index (χ0n) is 17.6. The number of hydrogen-bond donors (Lipinski definition) is 2. The van der Waals surface area contributed by atoms with Crippen LogP contribution in [0, 0.1) is 0 Å². The minimum Gasteiger partial charge on any atom is -0.495 e. The lowest BCUT2D eigenvalue weighted by molar-refractivity contribution is -0.112. The molecule has 11 heteroatoms. The Kier molecular flexibility index (Phi) is 6.07. The average Bonchev–Trinajstić information content (AvgIpc) is 2.65. The van der Waals surface area contributed by atoms with Crippen LogP contribution in [0.25, 0.3) is 0 Å². The highest BCUT2D eigenvalue weighted by Crippen LogP contribution is 2.29. The fourth-order valence-corrected chi connectivity index (χ4v) is 3.80. The van der Waals surface area contributed by atoms with E-state index in [0.717, 1.165) is 0 Å². The topological polar surface area (TPSA) is 126 Å². The summed E-state index contributed by atoms with van der Waals surface area (Å²) in [6.45, 7) is 5.47. The summed E-state index contributed by atoms with van der Waals surface area (Å²) in [7, 11) is -2.00. The normalized spacial score (nSPS) is 17.1. The molecule has 2 aliphatic rings. The Hall–Kier alpha value is -3.34. The van der Waals surface area contributed by atoms with E-state index >= 15 is 0 Å². The molecule has 2 heterocycles. The van der Waals surface area contributed by atoms with Gasteiger partial charge in [-0.2, -0.15) is 0 Å². The molecule has 2 N–H and O–H groups in total. The molecule has 0 unspecified atom stereocenters. The van der Waals surface area contributed by atoms with Gasteiger partial charge in [-0.25, -0.2) is 13.2 Å². The number of benzene rings is 1. The predicted molar refractivity (Wildman–Crippen MR) is 117 cm³/mol. The average molecular weight is 449 g/mol. The second-order valence-corrected chi connectivity index (χ2v) is 9.60. The monoisotopic (exact) mass is 448 g/mol. The molecule has 31 heavy (non-hydrogen) atoms. The molecule has 2 aliphatic heterocycles. The molecule has 0 atom stereocenters. The highest BCUT2D eigenvalue weighted by Gasteiger charge is 2.25. The fraction of sp³-hybridized carbons (Fsp3) is 0.350. The Labute approximate surface area is 180 Å². The van der Waals surface area contributed by atoms with Crippen LogP contribution in [0.4, 0.5) is 16.2 Å². The van der Waals surface area contributed by atoms with Gasteiger partial charge in [0, 0.05) is 18.4 Å². The first-order chi connectivity index (χ1) is 14.5. The third-order valence-electron chi connectivity index (χ3n) is 4.18. The van der Waals surface area contributed by atoms with Crippen LogP contribution < -0.4 is 15.4 Å². The Morgan fingerprint density at radius 2 is 1.90 bits per heavy atom. The van der Waals surface area contributed by atoms with E-state index in [-0.39, 0.29) is 18.1 Å². The summed E-state index contributed by atoms with van der Waals surface area (Å²) in [5.74, 6) is 0.151. The number of methoxy groups -OCH3 is 1. The first-order valence-corrected chi connectivity index (χ1v) is 11.1. The molecule has 1 aromatic carbocycles. The van der Waals surface area contributed by atoms with Crippen LogP contribution in [0.2, 0.25) is 0 Å². The molecule has 2 amide bonds. The third kappa shape index (κ3) is 5.85. The molecular formula is C20H24N4O6S. The molecule has 0 aliphatic carbocycles. The summed E-state index contributed by atoms with van der Waals surface area (Å²) < 4.78 is 37.4. The Morgan fingerprint density at radius 3 is 2.58 bits per heavy atom. The van der Waals surface area contributed by atoms with Gasteiger partial charge in [0.25, 0.3) is 15.9 Å². The number of rotatable bonds is 4. The maximum Gasteiger partial charge on any atom is 0.412 e. The van der Waals surface area contributed by atoms with Crippen molar-refractivity contribution in [2.75, 3.05) is 30.0 Å². The van der Waals surface area contributed by atoms with Crippen LogP contribution in [0.5, 0.6) is 5.75 Å². The van der Waals surface area contributed by atoms with Crippen LogP contribution >= 0.6 is 0 Å². The second kappa shape index (κ2) is 8.42. The predicted octanol–water partition coefficient (Wildman–Crippen LogP) is 2.48. The van der Waals surface area contributed by atoms with Crippen molar-refractivity contribution in [2.24, 2.45) is 4.40 Å². The van der Waals surface area contributed by atoms with Gasteiger partial charge in [0.15, 0.2) is 0 Å². The van der Waals surface area contributed by atoms with E-state index in [9.17, 15) is 18.0 Å². The minimum atomic E-state index is -3.46. The van der Waals surface area contributed by atoms with E-state index in [0.29, 0.717) is 22.7 Å². The van der Waals surface area contributed by atoms with Gasteiger partial charge >= 0.3 is 6.09 Å². The van der Waals surface area contributed by atoms with Gasteiger partial charge in [-0.3, -0.25) is 10.1 Å². The van der Waals surface area contributed by atoms with Gasteiger partial charge in [0.1, 0.15) is 17.2 Å². The molecule has 0 bridgehead atoms. The van der Waals surface area contributed by atoms with Crippen molar-refractivity contribution in [3.8, 4) is 5.75 Å². The molecule has 0 fully saturated rings. The molecule has 3 rings (SSSR count). The summed E-state index contributed by atoms with van der Waals surface area (Å²) >= 11 is 0. The van der Waals surface area contributed by atoms with Crippen LogP contribution in [0.15, 0.2) is 46.5 Å². The van der Waals surface area contributed by atoms with Crippen molar-refractivity contribution in [3.05, 3.63) is 42.1 Å². The lowest BCUT2D eigenvalue weighted by atomic mass is 10.1. The number of carbonyl (C=O) groups is 2. The quantitative estimate of drug-likeness (QED) is 0.724. The highest BCUT2D eigenvalue weighted by molar-refractivity contribution is 7.90. The number of carbonyl (C=O) groups excluding carboxylic acids is 2. The number of hydrogen-bond acceptors (Lipinski definition) is 7. The van der Waals surface area contributed by atoms with Gasteiger partial charge in [-0.05, 0) is 51.1 Å². The van der Waals surface area contributed by atoms with Crippen LogP contribution in [0.3, 0.4) is 0 Å². The fourth-order valence-electron chi connectivity index (χ4n) is 2.84. The Morgan fingerprint density at radius 1 is 1.16 bits per heavy atom. The molecule has 0 aromatic heterocycles. The van der Waals surface area contributed by atoms with Gasteiger partial charge in [0.05, 0.1) is 24.1 Å². The smallest absolute Gasteiger partial charge is 0.412 e. The Bertz CT molecular complexity index is 1100. The van der Waals surface area contributed by atoms with E-state index in [1.165, 1.54) is 19.3 Å². The minimum absolute atomic E-state index is 0.117. The van der Waals surface area contributed by atoms with Crippen LogP contribution in [-0.4, -0.2) is 56.2 Å². The van der Waals surface area contributed by atoms with Crippen LogP contribution in [-0.2, 0) is 19.6 Å². The van der Waals surface area contributed by atoms with E-state index in [4.69, 9.17) is 9.47 Å². The zero-order chi connectivity index (χ0) is 22.8. The molecule has 0 spiro atoms. The molecule has 1 aromatic rings. The number of amides is 2. The van der Waals surface area contributed by atoms with E-state index in [2.05, 4.69) is 15.0 Å². The van der Waals surface area contributed by atoms with E-state index in [1.807, 2.05) is 0 Å². The lowest BCUT2D eigenvalue weighted by Gasteiger charge is -2.27. The first kappa shape index (κ1) is 22.3. The maximum absolute atomic E-state index is 12.7. The highest BCUT2D eigenvalue weighted by atomic mass is 32.2. The van der Waals surface area contributed by atoms with Crippen molar-refractivity contribution < 1.29 is 27.5 Å². The molecular weight excluding hydrogens is 424 g/mol. The van der Waals surface area contributed by atoms with E-state index in [1.54, 1.807) is 50.1 Å². The summed E-state index contributed by atoms with van der Waals surface area (Å²) in [6, 6.07) is 4.78. The standard InChI is InChI=1S/C20H24N4O6S/c1-20(2,3)30-19(26)22-15-11-14(6-7-16(15)29-4)21-18(25)13-5-8-17-23-31(27,28)10-9-24(17)12-13/h5-8,11-12H,9-10H2,1-4H3,(H,21,25)(H,22,26). The van der Waals surface area contributed by atoms with Crippen LogP contribution in [0.1, 0.15) is 20.8 Å². The summed E-state index contributed by atoms with van der Waals surface area (Å²) in [6.07, 6.45) is 3.87. The molecule has 0 radical (unpaired) electrons. The number of sulfonamides is 1. The Balaban J connectivity index is 1.74. The summed E-state index contributed by atoms with van der Waals surface area (Å²) in [5, 5.41) is 5.35. The second-order valence-electron chi connectivity index (χ2n) is 7.84. The van der Waals surface area contributed by atoms with Gasteiger partial charge in [-0.15, -0.1) is 4.40 Å². The SMILES string of the molecule is COc1ccc(NC(=O)C2=CN3CCS(=O)(=O)N=C3C=C2)cc1NC(=O)OC(C)(C)C. The molecule has 166 valence electrons. The zero-order valence-corrected chi connectivity index (χ0v) is 18.4. The van der Waals surface area contributed by atoms with Crippen molar-refractivity contribution in [1.29, 1.82) is 0 Å². The number of amidine groups is 1. The number of fused-ring (bicyclic) bond motifs is 1. The maximum atomic E-state index is 12.7. The molecule has 0 saturated heterocycles. The third-order valence-corrected chi connectivity index (χ3v) is 5.34. The van der Waals surface area contributed by atoms with Crippen molar-refractivity contribution in [1.82, 2.24) is 4.90 Å². The van der Waals surface area contributed by atoms with Gasteiger partial charge in [0.2, 0.25) is 0 Å². The first-order valence-electron chi connectivity index (χ1n) is 9.44. The lowest BCUT2D eigenvalue weighted by Crippen LogP contribution is -2.37. The number of nitrogens with one attached hydrogen (secondary N) is 2. The summed E-state index contributed by atoms with van der Waals surface area (Å²) in [5.41, 5.74) is 0.416. The molecule has 0 saturated carbocycles. The van der Waals surface area contributed by atoms with Crippen molar-refractivity contribution in [3.63, 3.8) is 0 Å². The number of nitrogens with zero attached hydrogens (tertiary/aromatic N) is 2. The summed E-state index contributed by atoms with van der Waals surface area (Å²) in [4.78, 5) is 26.4. The van der Waals surface area contributed by atoms with Crippen molar-refractivity contribution in [2.45, 2.75) is 26.4 Å². The largest absolute Gasteiger partial charge is 0.495 e.